The lowest BCUT2D eigenvalue weighted by Gasteiger charge is -2.15. The van der Waals surface area contributed by atoms with E-state index in [0.717, 1.165) is 38.6 Å². The van der Waals surface area contributed by atoms with Crippen molar-refractivity contribution in [2.45, 2.75) is 77.6 Å². The molecule has 3 N–H and O–H groups in total. The normalized spacial score (nSPS) is 11.4. The van der Waals surface area contributed by atoms with Gasteiger partial charge in [-0.2, -0.15) is 0 Å². The fourth-order valence-electron chi connectivity index (χ4n) is 4.24. The van der Waals surface area contributed by atoms with Crippen LogP contribution >= 0.6 is 0 Å². The van der Waals surface area contributed by atoms with Crippen molar-refractivity contribution in [2.24, 2.45) is 0 Å². The monoisotopic (exact) mass is 504 g/mol. The quantitative estimate of drug-likeness (QED) is 0.164. The van der Waals surface area contributed by atoms with E-state index >= 15 is 0 Å². The van der Waals surface area contributed by atoms with Gasteiger partial charge in [-0.25, -0.2) is 0 Å². The van der Waals surface area contributed by atoms with Gasteiger partial charge in [0, 0.05) is 19.6 Å². The van der Waals surface area contributed by atoms with E-state index in [1.54, 1.807) is 6.92 Å². The van der Waals surface area contributed by atoms with Crippen LogP contribution in [0.2, 0.25) is 0 Å². The predicted octanol–water partition coefficient (Wildman–Crippen LogP) is 3.07. The number of anilines is 3. The molecule has 0 atom stereocenters. The Bertz CT molecular complexity index is 1050. The van der Waals surface area contributed by atoms with Gasteiger partial charge in [0.2, 0.25) is 0 Å². The van der Waals surface area contributed by atoms with Crippen molar-refractivity contribution in [1.82, 2.24) is 4.90 Å². The topological polar surface area (TPSA) is 117 Å². The zero-order valence-corrected chi connectivity index (χ0v) is 22.3. The van der Waals surface area contributed by atoms with Crippen LogP contribution in [0.15, 0.2) is 19.2 Å². The first kappa shape index (κ1) is 29.5. The number of ether oxygens (including phenoxy) is 1. The maximum absolute atomic E-state index is 11.8. The van der Waals surface area contributed by atoms with Gasteiger partial charge in [0.05, 0.1) is 6.61 Å². The first-order chi connectivity index (χ1) is 17.4. The average molecular weight is 505 g/mol. The molecule has 0 spiro atoms. The van der Waals surface area contributed by atoms with Gasteiger partial charge in [0.25, 0.3) is 21.7 Å². The molecule has 36 heavy (non-hydrogen) atoms. The summed E-state index contributed by atoms with van der Waals surface area (Å²) in [6, 6.07) is 0. The Morgan fingerprint density at radius 2 is 0.944 bits per heavy atom. The predicted molar refractivity (Wildman–Crippen MR) is 149 cm³/mol. The first-order valence-electron chi connectivity index (χ1n) is 13.5. The van der Waals surface area contributed by atoms with Crippen molar-refractivity contribution in [3.63, 3.8) is 0 Å². The summed E-state index contributed by atoms with van der Waals surface area (Å²) >= 11 is 0. The molecule has 0 heterocycles. The van der Waals surface area contributed by atoms with E-state index in [0.29, 0.717) is 43.3 Å². The SMILES string of the molecule is CCOc1c(NCCCCCCCCCCCCNc2c(NCCCN(C)C)c(=O)c2=O)c(=O)c1=O. The molecule has 0 aliphatic rings. The second kappa shape index (κ2) is 16.1. The Balaban J connectivity index is 1.41. The largest absolute Gasteiger partial charge is 0.488 e. The van der Waals surface area contributed by atoms with Gasteiger partial charge in [-0.3, -0.25) is 19.2 Å². The molecule has 0 aliphatic heterocycles. The Kier molecular flexibility index (Phi) is 13.2. The molecule has 202 valence electrons. The van der Waals surface area contributed by atoms with Gasteiger partial charge in [-0.1, -0.05) is 51.4 Å². The zero-order chi connectivity index (χ0) is 26.3. The fourth-order valence-corrected chi connectivity index (χ4v) is 4.24. The summed E-state index contributed by atoms with van der Waals surface area (Å²) in [5.41, 5.74) is -0.546. The molecule has 9 nitrogen and oxygen atoms in total. The average Bonchev–Trinajstić information content (AvgIpc) is 2.87. The van der Waals surface area contributed by atoms with E-state index in [-0.39, 0.29) is 5.75 Å². The summed E-state index contributed by atoms with van der Waals surface area (Å²) in [6.45, 7) is 5.20. The van der Waals surface area contributed by atoms with Crippen molar-refractivity contribution in [2.75, 3.05) is 62.8 Å². The minimum absolute atomic E-state index is 0.190. The lowest BCUT2D eigenvalue weighted by molar-refractivity contribution is 0.334. The van der Waals surface area contributed by atoms with Gasteiger partial charge in [-0.15, -0.1) is 0 Å². The van der Waals surface area contributed by atoms with E-state index in [9.17, 15) is 19.2 Å². The second-order valence-electron chi connectivity index (χ2n) is 9.68. The van der Waals surface area contributed by atoms with E-state index in [1.807, 2.05) is 14.1 Å². The maximum atomic E-state index is 11.8. The third-order valence-electron chi connectivity index (χ3n) is 6.36. The zero-order valence-electron chi connectivity index (χ0n) is 22.3. The Hall–Kier alpha value is -2.68. The van der Waals surface area contributed by atoms with Crippen LogP contribution in [-0.2, 0) is 0 Å². The number of nitrogens with zero attached hydrogens (tertiary/aromatic N) is 1. The van der Waals surface area contributed by atoms with Crippen molar-refractivity contribution < 1.29 is 4.74 Å². The Morgan fingerprint density at radius 1 is 0.556 bits per heavy atom. The van der Waals surface area contributed by atoms with Crippen LogP contribution < -0.4 is 42.4 Å². The molecule has 0 aliphatic carbocycles. The first-order valence-corrected chi connectivity index (χ1v) is 13.5. The third kappa shape index (κ3) is 9.08. The van der Waals surface area contributed by atoms with Crippen molar-refractivity contribution >= 4 is 17.1 Å². The summed E-state index contributed by atoms with van der Waals surface area (Å²) in [6.07, 6.45) is 12.3. The van der Waals surface area contributed by atoms with Crippen LogP contribution in [0.25, 0.3) is 0 Å². The van der Waals surface area contributed by atoms with Crippen LogP contribution in [0.4, 0.5) is 17.1 Å². The molecule has 0 saturated carbocycles. The molecule has 0 fully saturated rings. The molecular weight excluding hydrogens is 460 g/mol. The lowest BCUT2D eigenvalue weighted by Crippen LogP contribution is -2.38. The summed E-state index contributed by atoms with van der Waals surface area (Å²) in [5, 5.41) is 9.30. The highest BCUT2D eigenvalue weighted by Gasteiger charge is 2.21. The molecule has 0 saturated heterocycles. The van der Waals surface area contributed by atoms with Crippen molar-refractivity contribution in [3.05, 3.63) is 40.9 Å². The smallest absolute Gasteiger partial charge is 0.272 e. The van der Waals surface area contributed by atoms with E-state index in [4.69, 9.17) is 4.74 Å². The van der Waals surface area contributed by atoms with Gasteiger partial charge < -0.3 is 25.6 Å². The van der Waals surface area contributed by atoms with E-state index in [2.05, 4.69) is 20.9 Å². The molecule has 0 amide bonds. The molecular formula is C27H44N4O5. The lowest BCUT2D eigenvalue weighted by atomic mass is 10.1. The highest BCUT2D eigenvalue weighted by Crippen LogP contribution is 2.18. The van der Waals surface area contributed by atoms with Crippen LogP contribution in [0.3, 0.4) is 0 Å². The fraction of sp³-hybridized carbons (Fsp3) is 0.704. The molecule has 0 radical (unpaired) electrons. The van der Waals surface area contributed by atoms with Crippen LogP contribution in [0.1, 0.15) is 77.6 Å². The molecule has 2 aromatic rings. The number of rotatable bonds is 22. The number of hydrogen-bond acceptors (Lipinski definition) is 9. The van der Waals surface area contributed by atoms with Gasteiger partial charge in [-0.05, 0) is 46.8 Å². The number of unbranched alkanes of at least 4 members (excludes halogenated alkanes) is 9. The van der Waals surface area contributed by atoms with Crippen LogP contribution in [0.5, 0.6) is 5.75 Å². The Morgan fingerprint density at radius 3 is 1.39 bits per heavy atom. The van der Waals surface area contributed by atoms with Gasteiger partial charge in [0.15, 0.2) is 5.75 Å². The standard InChI is InChI=1S/C27H44N4O5/c1-4-36-27-22(25(34)26(27)35)30-17-14-12-10-8-6-5-7-9-11-13-16-28-20-21(24(33)23(20)32)29-18-15-19-31(2)3/h28-30H,4-19H2,1-3H3. The van der Waals surface area contributed by atoms with Crippen LogP contribution in [0, 0.1) is 0 Å². The highest BCUT2D eigenvalue weighted by molar-refractivity contribution is 5.73. The second-order valence-corrected chi connectivity index (χ2v) is 9.68. The van der Waals surface area contributed by atoms with E-state index < -0.39 is 21.7 Å². The van der Waals surface area contributed by atoms with E-state index in [1.165, 1.54) is 38.5 Å². The molecule has 2 aromatic carbocycles. The summed E-state index contributed by atoms with van der Waals surface area (Å²) < 4.78 is 5.20. The van der Waals surface area contributed by atoms with Crippen LogP contribution in [-0.4, -0.2) is 51.8 Å². The molecule has 0 aromatic heterocycles. The van der Waals surface area contributed by atoms with Gasteiger partial charge >= 0.3 is 0 Å². The molecule has 2 rings (SSSR count). The summed E-state index contributed by atoms with van der Waals surface area (Å²) in [4.78, 5) is 48.7. The van der Waals surface area contributed by atoms with Crippen molar-refractivity contribution in [1.29, 1.82) is 0 Å². The van der Waals surface area contributed by atoms with Crippen molar-refractivity contribution in [3.8, 4) is 5.75 Å². The minimum Gasteiger partial charge on any atom is -0.488 e. The van der Waals surface area contributed by atoms with Gasteiger partial charge in [0.1, 0.15) is 17.1 Å². The highest BCUT2D eigenvalue weighted by atomic mass is 16.5. The maximum Gasteiger partial charge on any atom is 0.272 e. The summed E-state index contributed by atoms with van der Waals surface area (Å²) in [7, 11) is 4.02. The molecule has 9 heteroatoms. The number of nitrogens with one attached hydrogen (secondary N) is 3. The third-order valence-corrected chi connectivity index (χ3v) is 6.36. The minimum atomic E-state index is -0.522. The Labute approximate surface area is 214 Å². The molecule has 0 bridgehead atoms. The number of hydrogen-bond donors (Lipinski definition) is 3. The summed E-state index contributed by atoms with van der Waals surface area (Å²) in [5.74, 6) is 0.190. The molecule has 0 unspecified atom stereocenters.